The summed E-state index contributed by atoms with van der Waals surface area (Å²) < 4.78 is 3.06. The molecule has 2 N–H and O–H groups in total. The summed E-state index contributed by atoms with van der Waals surface area (Å²) in [7, 11) is 1.98. The van der Waals surface area contributed by atoms with Crippen molar-refractivity contribution in [3.63, 3.8) is 0 Å². The van der Waals surface area contributed by atoms with Crippen LogP contribution >= 0.6 is 15.9 Å². The first-order valence-corrected chi connectivity index (χ1v) is 6.22. The average molecular weight is 274 g/mol. The Hall–Kier alpha value is -0.350. The van der Waals surface area contributed by atoms with Crippen molar-refractivity contribution in [3.05, 3.63) is 15.9 Å². The fourth-order valence-corrected chi connectivity index (χ4v) is 2.28. The van der Waals surface area contributed by atoms with Gasteiger partial charge in [-0.15, -0.1) is 0 Å². The average Bonchev–Trinajstić information content (AvgIpc) is 2.44. The van der Waals surface area contributed by atoms with E-state index in [2.05, 4.69) is 41.8 Å². The van der Waals surface area contributed by atoms with Crippen LogP contribution in [0.4, 0.5) is 0 Å². The van der Waals surface area contributed by atoms with E-state index in [4.69, 9.17) is 5.73 Å². The first-order chi connectivity index (χ1) is 6.97. The van der Waals surface area contributed by atoms with Crippen LogP contribution < -0.4 is 5.73 Å². The van der Waals surface area contributed by atoms with E-state index >= 15 is 0 Å². The zero-order chi connectivity index (χ0) is 11.6. The monoisotopic (exact) mass is 273 g/mol. The second-order valence-corrected chi connectivity index (χ2v) is 5.09. The van der Waals surface area contributed by atoms with Crippen molar-refractivity contribution in [2.24, 2.45) is 18.7 Å². The van der Waals surface area contributed by atoms with Crippen LogP contribution in [-0.4, -0.2) is 15.8 Å². The van der Waals surface area contributed by atoms with Crippen LogP contribution in [0.5, 0.6) is 0 Å². The number of nitrogens with zero attached hydrogens (tertiary/aromatic N) is 2. The van der Waals surface area contributed by atoms with E-state index < -0.39 is 0 Å². The highest BCUT2D eigenvalue weighted by atomic mass is 79.9. The Morgan fingerprint density at radius 3 is 2.47 bits per heavy atom. The summed E-state index contributed by atoms with van der Waals surface area (Å²) in [5.41, 5.74) is 8.39. The predicted molar refractivity (Wildman–Crippen MR) is 66.8 cm³/mol. The number of hydrogen-bond donors (Lipinski definition) is 1. The van der Waals surface area contributed by atoms with Crippen molar-refractivity contribution in [2.75, 3.05) is 0 Å². The third-order valence-electron chi connectivity index (χ3n) is 2.79. The zero-order valence-corrected chi connectivity index (χ0v) is 11.5. The minimum atomic E-state index is 0.196. The van der Waals surface area contributed by atoms with E-state index in [1.54, 1.807) is 0 Å². The molecular weight excluding hydrogens is 254 g/mol. The number of aryl methyl sites for hydroxylation is 2. The van der Waals surface area contributed by atoms with Crippen molar-refractivity contribution >= 4 is 15.9 Å². The predicted octanol–water partition coefficient (Wildman–Crippen LogP) is 2.27. The van der Waals surface area contributed by atoms with E-state index in [1.807, 2.05) is 11.7 Å². The molecule has 15 heavy (non-hydrogen) atoms. The standard InChI is InChI=1S/C11H20BrN3/c1-5-9-11(12)10(15(4)14-9)6-8(13)7(2)3/h7-8H,5-6,13H2,1-4H3. The summed E-state index contributed by atoms with van der Waals surface area (Å²) in [5.74, 6) is 0.497. The third kappa shape index (κ3) is 2.82. The summed E-state index contributed by atoms with van der Waals surface area (Å²) in [6.45, 7) is 6.41. The van der Waals surface area contributed by atoms with Crippen LogP contribution in [0.15, 0.2) is 4.47 Å². The Morgan fingerprint density at radius 2 is 2.07 bits per heavy atom. The molecule has 0 aliphatic carbocycles. The van der Waals surface area contributed by atoms with Crippen LogP contribution in [0.1, 0.15) is 32.2 Å². The third-order valence-corrected chi connectivity index (χ3v) is 3.70. The smallest absolute Gasteiger partial charge is 0.0766 e. The lowest BCUT2D eigenvalue weighted by Gasteiger charge is -2.15. The molecule has 0 amide bonds. The van der Waals surface area contributed by atoms with Gasteiger partial charge >= 0.3 is 0 Å². The first kappa shape index (κ1) is 12.7. The maximum Gasteiger partial charge on any atom is 0.0766 e. The molecule has 1 unspecified atom stereocenters. The minimum absolute atomic E-state index is 0.196. The Labute approximate surface area is 100 Å². The van der Waals surface area contributed by atoms with Crippen molar-refractivity contribution in [1.82, 2.24) is 9.78 Å². The molecule has 1 atom stereocenters. The van der Waals surface area contributed by atoms with E-state index in [1.165, 1.54) is 5.69 Å². The Kier molecular flexibility index (Phi) is 4.34. The molecular formula is C11H20BrN3. The molecule has 1 aromatic heterocycles. The lowest BCUT2D eigenvalue weighted by atomic mass is 10.0. The highest BCUT2D eigenvalue weighted by Gasteiger charge is 2.16. The fourth-order valence-electron chi connectivity index (χ4n) is 1.50. The van der Waals surface area contributed by atoms with Gasteiger partial charge in [0.1, 0.15) is 0 Å². The molecule has 0 saturated heterocycles. The van der Waals surface area contributed by atoms with Gasteiger partial charge in [0.25, 0.3) is 0 Å². The van der Waals surface area contributed by atoms with Crippen LogP contribution in [0.2, 0.25) is 0 Å². The zero-order valence-electron chi connectivity index (χ0n) is 9.92. The van der Waals surface area contributed by atoms with Gasteiger partial charge in [0.2, 0.25) is 0 Å². The molecule has 0 bridgehead atoms. The fraction of sp³-hybridized carbons (Fsp3) is 0.727. The molecule has 1 aromatic rings. The van der Waals surface area contributed by atoms with E-state index in [0.717, 1.165) is 23.0 Å². The van der Waals surface area contributed by atoms with Crippen LogP contribution in [0.3, 0.4) is 0 Å². The largest absolute Gasteiger partial charge is 0.327 e. The van der Waals surface area contributed by atoms with Gasteiger partial charge in [0.05, 0.1) is 15.9 Å². The topological polar surface area (TPSA) is 43.8 Å². The van der Waals surface area contributed by atoms with Gasteiger partial charge in [-0.2, -0.15) is 5.10 Å². The summed E-state index contributed by atoms with van der Waals surface area (Å²) in [6.07, 6.45) is 1.83. The first-order valence-electron chi connectivity index (χ1n) is 5.43. The van der Waals surface area contributed by atoms with Crippen molar-refractivity contribution in [3.8, 4) is 0 Å². The van der Waals surface area contributed by atoms with Crippen LogP contribution in [0.25, 0.3) is 0 Å². The Balaban J connectivity index is 2.89. The molecule has 3 nitrogen and oxygen atoms in total. The second-order valence-electron chi connectivity index (χ2n) is 4.30. The minimum Gasteiger partial charge on any atom is -0.327 e. The molecule has 0 aliphatic rings. The number of aromatic nitrogens is 2. The van der Waals surface area contributed by atoms with E-state index in [0.29, 0.717) is 5.92 Å². The Bertz CT molecular complexity index is 331. The maximum atomic E-state index is 6.08. The Morgan fingerprint density at radius 1 is 1.47 bits per heavy atom. The SMILES string of the molecule is CCc1nn(C)c(CC(N)C(C)C)c1Br. The molecule has 0 aliphatic heterocycles. The van der Waals surface area contributed by atoms with Gasteiger partial charge in [-0.3, -0.25) is 4.68 Å². The second kappa shape index (κ2) is 5.12. The van der Waals surface area contributed by atoms with Crippen molar-refractivity contribution in [2.45, 2.75) is 39.7 Å². The number of rotatable bonds is 4. The number of halogens is 1. The van der Waals surface area contributed by atoms with Crippen molar-refractivity contribution < 1.29 is 0 Å². The number of hydrogen-bond acceptors (Lipinski definition) is 2. The van der Waals surface area contributed by atoms with Gasteiger partial charge in [-0.25, -0.2) is 0 Å². The normalized spacial score (nSPS) is 13.5. The molecule has 4 heteroatoms. The molecule has 0 saturated carbocycles. The molecule has 0 fully saturated rings. The quantitative estimate of drug-likeness (QED) is 0.915. The van der Waals surface area contributed by atoms with Gasteiger partial charge in [-0.05, 0) is 28.3 Å². The van der Waals surface area contributed by atoms with Gasteiger partial charge in [0.15, 0.2) is 0 Å². The van der Waals surface area contributed by atoms with E-state index in [-0.39, 0.29) is 6.04 Å². The van der Waals surface area contributed by atoms with Gasteiger partial charge < -0.3 is 5.73 Å². The highest BCUT2D eigenvalue weighted by molar-refractivity contribution is 9.10. The van der Waals surface area contributed by atoms with Crippen LogP contribution in [-0.2, 0) is 19.9 Å². The summed E-state index contributed by atoms with van der Waals surface area (Å²) in [4.78, 5) is 0. The summed E-state index contributed by atoms with van der Waals surface area (Å²) >= 11 is 3.60. The van der Waals surface area contributed by atoms with Gasteiger partial charge in [-0.1, -0.05) is 20.8 Å². The van der Waals surface area contributed by atoms with Crippen LogP contribution in [0, 0.1) is 5.92 Å². The van der Waals surface area contributed by atoms with Crippen molar-refractivity contribution in [1.29, 1.82) is 0 Å². The molecule has 1 heterocycles. The summed E-state index contributed by atoms with van der Waals surface area (Å²) in [5, 5.41) is 4.46. The summed E-state index contributed by atoms with van der Waals surface area (Å²) in [6, 6.07) is 0.196. The molecule has 1 rings (SSSR count). The highest BCUT2D eigenvalue weighted by Crippen LogP contribution is 2.23. The lowest BCUT2D eigenvalue weighted by molar-refractivity contribution is 0.477. The molecule has 86 valence electrons. The number of nitrogens with two attached hydrogens (primary N) is 1. The van der Waals surface area contributed by atoms with Gasteiger partial charge in [0, 0.05) is 19.5 Å². The molecule has 0 spiro atoms. The molecule has 0 aromatic carbocycles. The molecule has 0 radical (unpaired) electrons. The maximum absolute atomic E-state index is 6.08. The van der Waals surface area contributed by atoms with E-state index in [9.17, 15) is 0 Å². The lowest BCUT2D eigenvalue weighted by Crippen LogP contribution is -2.29.